The minimum Gasteiger partial charge on any atom is -0.468 e. The summed E-state index contributed by atoms with van der Waals surface area (Å²) in [7, 11) is 1.46. The van der Waals surface area contributed by atoms with Crippen LogP contribution in [-0.2, 0) is 16.0 Å². The van der Waals surface area contributed by atoms with Gasteiger partial charge in [0.25, 0.3) is 0 Å². The molecular weight excluding hydrogens is 262 g/mol. The molecule has 0 heterocycles. The second-order valence-electron chi connectivity index (χ2n) is 7.03. The lowest BCUT2D eigenvalue weighted by atomic mass is 9.70. The van der Waals surface area contributed by atoms with E-state index in [9.17, 15) is 4.79 Å². The monoisotopic (exact) mass is 289 g/mol. The third-order valence-electron chi connectivity index (χ3n) is 4.65. The van der Waals surface area contributed by atoms with Gasteiger partial charge in [-0.3, -0.25) is 10.1 Å². The predicted octanol–water partition coefficient (Wildman–Crippen LogP) is 3.49. The summed E-state index contributed by atoms with van der Waals surface area (Å²) in [5.41, 5.74) is 2.83. The number of aryl methyl sites for hydroxylation is 1. The number of rotatable bonds is 4. The fourth-order valence-electron chi connectivity index (χ4n) is 3.22. The van der Waals surface area contributed by atoms with Crippen molar-refractivity contribution in [3.63, 3.8) is 0 Å². The van der Waals surface area contributed by atoms with Crippen LogP contribution in [-0.4, -0.2) is 19.1 Å². The summed E-state index contributed by atoms with van der Waals surface area (Å²) < 4.78 is 4.97. The van der Waals surface area contributed by atoms with Gasteiger partial charge in [0.05, 0.1) is 7.11 Å². The summed E-state index contributed by atoms with van der Waals surface area (Å²) in [6, 6.07) is 8.45. The van der Waals surface area contributed by atoms with Gasteiger partial charge < -0.3 is 4.74 Å². The smallest absolute Gasteiger partial charge is 0.323 e. The summed E-state index contributed by atoms with van der Waals surface area (Å²) >= 11 is 0. The maximum atomic E-state index is 12.1. The fourth-order valence-corrected chi connectivity index (χ4v) is 3.22. The van der Waals surface area contributed by atoms with Crippen molar-refractivity contribution in [2.75, 3.05) is 7.11 Å². The largest absolute Gasteiger partial charge is 0.468 e. The normalized spacial score (nSPS) is 21.7. The Morgan fingerprint density at radius 1 is 1.33 bits per heavy atom. The average molecular weight is 289 g/mol. The fraction of sp³-hybridized carbons (Fsp3) is 0.611. The number of carbonyl (C=O) groups is 1. The Morgan fingerprint density at radius 2 is 2.00 bits per heavy atom. The van der Waals surface area contributed by atoms with Crippen molar-refractivity contribution in [3.05, 3.63) is 35.4 Å². The summed E-state index contributed by atoms with van der Waals surface area (Å²) in [6.07, 6.45) is 2.22. The number of carbonyl (C=O) groups excluding carboxylic acids is 1. The molecule has 0 amide bonds. The molecule has 0 radical (unpaired) electrons. The van der Waals surface area contributed by atoms with E-state index in [-0.39, 0.29) is 29.4 Å². The van der Waals surface area contributed by atoms with Crippen LogP contribution in [0.5, 0.6) is 0 Å². The standard InChI is InChI=1S/C18H27NO2/c1-12(2)15(17(20)21-5)19-16-14-9-7-6-8-13(14)10-11-18(16,3)4/h6-9,12,15-16,19H,10-11H2,1-5H3/t15-,16?/m0/s1. The maximum absolute atomic E-state index is 12.1. The summed E-state index contributed by atoms with van der Waals surface area (Å²) in [6.45, 7) is 8.65. The molecule has 2 rings (SSSR count). The second-order valence-corrected chi connectivity index (χ2v) is 7.03. The number of methoxy groups -OCH3 is 1. The molecule has 21 heavy (non-hydrogen) atoms. The van der Waals surface area contributed by atoms with Gasteiger partial charge in [-0.1, -0.05) is 52.0 Å². The van der Waals surface area contributed by atoms with Crippen molar-refractivity contribution in [1.29, 1.82) is 0 Å². The van der Waals surface area contributed by atoms with Gasteiger partial charge in [-0.25, -0.2) is 0 Å². The van der Waals surface area contributed by atoms with Crippen LogP contribution in [0.1, 0.15) is 51.3 Å². The van der Waals surface area contributed by atoms with Crippen molar-refractivity contribution >= 4 is 5.97 Å². The van der Waals surface area contributed by atoms with Crippen LogP contribution in [0.4, 0.5) is 0 Å². The molecule has 0 fully saturated rings. The zero-order valence-corrected chi connectivity index (χ0v) is 13.8. The molecule has 1 aromatic rings. The predicted molar refractivity (Wildman–Crippen MR) is 85.1 cm³/mol. The van der Waals surface area contributed by atoms with Crippen molar-refractivity contribution in [1.82, 2.24) is 5.32 Å². The van der Waals surface area contributed by atoms with Crippen LogP contribution in [0.3, 0.4) is 0 Å². The minimum atomic E-state index is -0.273. The third kappa shape index (κ3) is 3.29. The second kappa shape index (κ2) is 6.18. The molecule has 3 heteroatoms. The number of esters is 1. The van der Waals surface area contributed by atoms with E-state index in [1.165, 1.54) is 18.2 Å². The van der Waals surface area contributed by atoms with E-state index in [0.29, 0.717) is 0 Å². The zero-order valence-electron chi connectivity index (χ0n) is 13.8. The van der Waals surface area contributed by atoms with Crippen LogP contribution in [0.2, 0.25) is 0 Å². The van der Waals surface area contributed by atoms with Gasteiger partial charge in [-0.2, -0.15) is 0 Å². The molecule has 116 valence electrons. The molecule has 0 bridgehead atoms. The van der Waals surface area contributed by atoms with Gasteiger partial charge in [0, 0.05) is 6.04 Å². The molecule has 0 saturated heterocycles. The Balaban J connectivity index is 2.33. The van der Waals surface area contributed by atoms with Gasteiger partial charge in [-0.05, 0) is 35.3 Å². The molecule has 1 unspecified atom stereocenters. The van der Waals surface area contributed by atoms with Crippen LogP contribution >= 0.6 is 0 Å². The van der Waals surface area contributed by atoms with Gasteiger partial charge in [0.1, 0.15) is 6.04 Å². The maximum Gasteiger partial charge on any atom is 0.323 e. The van der Waals surface area contributed by atoms with Gasteiger partial charge in [-0.15, -0.1) is 0 Å². The van der Waals surface area contributed by atoms with E-state index < -0.39 is 0 Å². The Bertz CT molecular complexity index is 508. The first-order valence-electron chi connectivity index (χ1n) is 7.78. The van der Waals surface area contributed by atoms with Crippen LogP contribution in [0.15, 0.2) is 24.3 Å². The molecule has 1 aliphatic rings. The molecule has 0 aromatic heterocycles. The number of ether oxygens (including phenoxy) is 1. The van der Waals surface area contributed by atoms with E-state index in [2.05, 4.69) is 57.3 Å². The molecule has 1 N–H and O–H groups in total. The highest BCUT2D eigenvalue weighted by Gasteiger charge is 2.38. The summed E-state index contributed by atoms with van der Waals surface area (Å²) in [5.74, 6) is 0.0196. The highest BCUT2D eigenvalue weighted by atomic mass is 16.5. The number of hydrogen-bond donors (Lipinski definition) is 1. The number of hydrogen-bond acceptors (Lipinski definition) is 3. The van der Waals surface area contributed by atoms with Gasteiger partial charge >= 0.3 is 5.97 Å². The quantitative estimate of drug-likeness (QED) is 0.862. The third-order valence-corrected chi connectivity index (χ3v) is 4.65. The lowest BCUT2D eigenvalue weighted by Crippen LogP contribution is -2.49. The van der Waals surface area contributed by atoms with Crippen LogP contribution < -0.4 is 5.32 Å². The van der Waals surface area contributed by atoms with Crippen molar-refractivity contribution in [2.24, 2.45) is 11.3 Å². The molecule has 3 nitrogen and oxygen atoms in total. The number of benzene rings is 1. The average Bonchev–Trinajstić information content (AvgIpc) is 2.45. The van der Waals surface area contributed by atoms with Crippen molar-refractivity contribution in [3.8, 4) is 0 Å². The first-order chi connectivity index (χ1) is 9.86. The molecular formula is C18H27NO2. The SMILES string of the molecule is COC(=O)[C@@H](NC1c2ccccc2CCC1(C)C)C(C)C. The van der Waals surface area contributed by atoms with E-state index in [1.807, 2.05) is 0 Å². The Hall–Kier alpha value is -1.35. The Kier molecular flexibility index (Phi) is 4.72. The number of fused-ring (bicyclic) bond motifs is 1. The van der Waals surface area contributed by atoms with E-state index in [0.717, 1.165) is 12.8 Å². The highest BCUT2D eigenvalue weighted by molar-refractivity contribution is 5.76. The lowest BCUT2D eigenvalue weighted by molar-refractivity contribution is -0.144. The topological polar surface area (TPSA) is 38.3 Å². The lowest BCUT2D eigenvalue weighted by Gasteiger charge is -2.42. The molecule has 1 aromatic carbocycles. The Morgan fingerprint density at radius 3 is 2.62 bits per heavy atom. The van der Waals surface area contributed by atoms with E-state index in [1.54, 1.807) is 0 Å². The molecule has 2 atom stereocenters. The van der Waals surface area contributed by atoms with Gasteiger partial charge in [0.15, 0.2) is 0 Å². The first kappa shape index (κ1) is 16.0. The van der Waals surface area contributed by atoms with Gasteiger partial charge in [0.2, 0.25) is 0 Å². The van der Waals surface area contributed by atoms with Crippen molar-refractivity contribution in [2.45, 2.75) is 52.6 Å². The van der Waals surface area contributed by atoms with Crippen LogP contribution in [0, 0.1) is 11.3 Å². The Labute approximate surface area is 128 Å². The zero-order chi connectivity index (χ0) is 15.6. The molecule has 0 aliphatic heterocycles. The summed E-state index contributed by atoms with van der Waals surface area (Å²) in [5, 5.41) is 3.58. The van der Waals surface area contributed by atoms with Crippen molar-refractivity contribution < 1.29 is 9.53 Å². The van der Waals surface area contributed by atoms with E-state index in [4.69, 9.17) is 4.74 Å². The summed E-state index contributed by atoms with van der Waals surface area (Å²) in [4.78, 5) is 12.1. The minimum absolute atomic E-state index is 0.121. The van der Waals surface area contributed by atoms with E-state index >= 15 is 0 Å². The van der Waals surface area contributed by atoms with Crippen LogP contribution in [0.25, 0.3) is 0 Å². The number of nitrogens with one attached hydrogen (secondary N) is 1. The molecule has 1 aliphatic carbocycles. The molecule has 0 saturated carbocycles. The highest BCUT2D eigenvalue weighted by Crippen LogP contribution is 2.43. The first-order valence-corrected chi connectivity index (χ1v) is 7.78. The molecule has 0 spiro atoms.